The monoisotopic (exact) mass is 271 g/mol. The van der Waals surface area contributed by atoms with E-state index >= 15 is 0 Å². The first-order valence-corrected chi connectivity index (χ1v) is 8.70. The molecule has 1 aromatic rings. The van der Waals surface area contributed by atoms with Crippen molar-refractivity contribution in [1.29, 1.82) is 0 Å². The van der Waals surface area contributed by atoms with E-state index < -0.39 is 0 Å². The summed E-state index contributed by atoms with van der Waals surface area (Å²) < 4.78 is 0. The van der Waals surface area contributed by atoms with Crippen molar-refractivity contribution in [1.82, 2.24) is 0 Å². The summed E-state index contributed by atoms with van der Waals surface area (Å²) in [5.41, 5.74) is 9.40. The summed E-state index contributed by atoms with van der Waals surface area (Å²) in [5.74, 6) is 1.52. The highest BCUT2D eigenvalue weighted by Crippen LogP contribution is 2.35. The summed E-state index contributed by atoms with van der Waals surface area (Å²) in [6, 6.07) is 9.59. The Bertz CT molecular complexity index is 396. The van der Waals surface area contributed by atoms with E-state index in [0.717, 1.165) is 5.92 Å². The van der Waals surface area contributed by atoms with Gasteiger partial charge in [0.15, 0.2) is 0 Å². The van der Waals surface area contributed by atoms with E-state index in [0.29, 0.717) is 5.92 Å². The molecule has 0 amide bonds. The van der Waals surface area contributed by atoms with Gasteiger partial charge in [-0.3, -0.25) is 0 Å². The van der Waals surface area contributed by atoms with Crippen molar-refractivity contribution in [3.63, 3.8) is 0 Å². The molecule has 1 atom stereocenters. The van der Waals surface area contributed by atoms with E-state index in [1.165, 1.54) is 69.8 Å². The zero-order valence-corrected chi connectivity index (χ0v) is 12.7. The highest BCUT2D eigenvalue weighted by atomic mass is 14.7. The lowest BCUT2D eigenvalue weighted by molar-refractivity contribution is 0.308. The van der Waals surface area contributed by atoms with Gasteiger partial charge in [-0.25, -0.2) is 0 Å². The van der Waals surface area contributed by atoms with Crippen LogP contribution in [0.4, 0.5) is 0 Å². The van der Waals surface area contributed by atoms with Gasteiger partial charge in [-0.15, -0.1) is 0 Å². The van der Waals surface area contributed by atoms with Crippen LogP contribution in [0.2, 0.25) is 0 Å². The van der Waals surface area contributed by atoms with E-state index in [-0.39, 0.29) is 6.04 Å². The van der Waals surface area contributed by atoms with Crippen LogP contribution >= 0.6 is 0 Å². The molecule has 0 aromatic heterocycles. The minimum atomic E-state index is 0.260. The van der Waals surface area contributed by atoms with Crippen molar-refractivity contribution >= 4 is 0 Å². The van der Waals surface area contributed by atoms with Crippen molar-refractivity contribution in [2.75, 3.05) is 0 Å². The van der Waals surface area contributed by atoms with Crippen LogP contribution in [0.1, 0.15) is 87.3 Å². The number of hydrogen-bond acceptors (Lipinski definition) is 1. The van der Waals surface area contributed by atoms with Gasteiger partial charge in [0.05, 0.1) is 0 Å². The van der Waals surface area contributed by atoms with E-state index in [4.69, 9.17) is 5.73 Å². The zero-order chi connectivity index (χ0) is 13.8. The van der Waals surface area contributed by atoms with Gasteiger partial charge in [0, 0.05) is 6.04 Å². The summed E-state index contributed by atoms with van der Waals surface area (Å²) in [5, 5.41) is 0. The SMILES string of the molecule is NC(c1ccc(C2CCCCC2)cc1)C1CCCCC1. The maximum absolute atomic E-state index is 6.50. The van der Waals surface area contributed by atoms with Gasteiger partial charge in [-0.05, 0) is 48.6 Å². The van der Waals surface area contributed by atoms with Gasteiger partial charge < -0.3 is 5.73 Å². The Morgan fingerprint density at radius 2 is 1.30 bits per heavy atom. The molecule has 2 aliphatic rings. The van der Waals surface area contributed by atoms with E-state index in [2.05, 4.69) is 24.3 Å². The molecule has 20 heavy (non-hydrogen) atoms. The lowest BCUT2D eigenvalue weighted by Gasteiger charge is -2.28. The van der Waals surface area contributed by atoms with Crippen molar-refractivity contribution in [3.05, 3.63) is 35.4 Å². The van der Waals surface area contributed by atoms with E-state index in [1.807, 2.05) is 0 Å². The van der Waals surface area contributed by atoms with Gasteiger partial charge >= 0.3 is 0 Å². The first kappa shape index (κ1) is 14.1. The number of rotatable bonds is 3. The molecule has 2 N–H and O–H groups in total. The summed E-state index contributed by atoms with van der Waals surface area (Å²) in [7, 11) is 0. The molecule has 0 saturated heterocycles. The minimum Gasteiger partial charge on any atom is -0.324 e. The lowest BCUT2D eigenvalue weighted by atomic mass is 9.80. The predicted molar refractivity (Wildman–Crippen MR) is 85.8 cm³/mol. The van der Waals surface area contributed by atoms with Gasteiger partial charge in [0.25, 0.3) is 0 Å². The first-order valence-electron chi connectivity index (χ1n) is 8.70. The Morgan fingerprint density at radius 3 is 1.90 bits per heavy atom. The summed E-state index contributed by atoms with van der Waals surface area (Å²) in [4.78, 5) is 0. The smallest absolute Gasteiger partial charge is 0.0323 e. The normalized spacial score (nSPS) is 23.6. The topological polar surface area (TPSA) is 26.0 Å². The molecule has 0 bridgehead atoms. The second-order valence-electron chi connectivity index (χ2n) is 6.93. The average molecular weight is 271 g/mol. The second-order valence-corrected chi connectivity index (χ2v) is 6.93. The molecular weight excluding hydrogens is 242 g/mol. The van der Waals surface area contributed by atoms with Crippen LogP contribution in [0, 0.1) is 5.92 Å². The fraction of sp³-hybridized carbons (Fsp3) is 0.684. The number of hydrogen-bond donors (Lipinski definition) is 1. The molecule has 2 saturated carbocycles. The van der Waals surface area contributed by atoms with Crippen LogP contribution in [0.25, 0.3) is 0 Å². The third-order valence-electron chi connectivity index (χ3n) is 5.56. The largest absolute Gasteiger partial charge is 0.324 e. The minimum absolute atomic E-state index is 0.260. The first-order chi connectivity index (χ1) is 9.84. The molecule has 110 valence electrons. The van der Waals surface area contributed by atoms with Crippen LogP contribution in [-0.4, -0.2) is 0 Å². The third kappa shape index (κ3) is 3.25. The Labute approximate surface area is 124 Å². The van der Waals surface area contributed by atoms with Gasteiger partial charge in [-0.2, -0.15) is 0 Å². The maximum atomic E-state index is 6.50. The maximum Gasteiger partial charge on any atom is 0.0323 e. The van der Waals surface area contributed by atoms with E-state index in [1.54, 1.807) is 5.56 Å². The van der Waals surface area contributed by atoms with Crippen LogP contribution in [0.15, 0.2) is 24.3 Å². The molecule has 1 unspecified atom stereocenters. The summed E-state index contributed by atoms with van der Waals surface area (Å²) in [6.07, 6.45) is 13.8. The lowest BCUT2D eigenvalue weighted by Crippen LogP contribution is -2.23. The molecule has 1 heteroatoms. The number of nitrogens with two attached hydrogens (primary N) is 1. The third-order valence-corrected chi connectivity index (χ3v) is 5.56. The van der Waals surface area contributed by atoms with Crippen molar-refractivity contribution < 1.29 is 0 Å². The molecule has 0 heterocycles. The summed E-state index contributed by atoms with van der Waals surface area (Å²) in [6.45, 7) is 0. The van der Waals surface area contributed by atoms with Crippen LogP contribution < -0.4 is 5.73 Å². The van der Waals surface area contributed by atoms with Crippen LogP contribution in [0.3, 0.4) is 0 Å². The standard InChI is InChI=1S/C19H29N/c20-19(17-9-5-2-6-10-17)18-13-11-16(12-14-18)15-7-3-1-4-8-15/h11-15,17,19H,1-10,20H2. The Hall–Kier alpha value is -0.820. The fourth-order valence-corrected chi connectivity index (χ4v) is 4.19. The molecule has 0 radical (unpaired) electrons. The molecule has 3 rings (SSSR count). The average Bonchev–Trinajstić information content (AvgIpc) is 2.56. The molecular formula is C19H29N. The molecule has 0 spiro atoms. The van der Waals surface area contributed by atoms with Crippen molar-refractivity contribution in [3.8, 4) is 0 Å². The zero-order valence-electron chi connectivity index (χ0n) is 12.7. The summed E-state index contributed by atoms with van der Waals surface area (Å²) >= 11 is 0. The van der Waals surface area contributed by atoms with Gasteiger partial charge in [0.2, 0.25) is 0 Å². The highest BCUT2D eigenvalue weighted by molar-refractivity contribution is 5.28. The molecule has 0 aliphatic heterocycles. The fourth-order valence-electron chi connectivity index (χ4n) is 4.19. The molecule has 1 aromatic carbocycles. The van der Waals surface area contributed by atoms with Crippen molar-refractivity contribution in [2.24, 2.45) is 11.7 Å². The molecule has 2 aliphatic carbocycles. The molecule has 1 nitrogen and oxygen atoms in total. The predicted octanol–water partition coefficient (Wildman–Crippen LogP) is 5.31. The quantitative estimate of drug-likeness (QED) is 0.791. The van der Waals surface area contributed by atoms with Gasteiger partial charge in [-0.1, -0.05) is 62.8 Å². The second kappa shape index (κ2) is 6.76. The van der Waals surface area contributed by atoms with E-state index in [9.17, 15) is 0 Å². The van der Waals surface area contributed by atoms with Crippen LogP contribution in [0.5, 0.6) is 0 Å². The molecule has 2 fully saturated rings. The van der Waals surface area contributed by atoms with Crippen molar-refractivity contribution in [2.45, 2.75) is 76.2 Å². The Kier molecular flexibility index (Phi) is 4.77. The van der Waals surface area contributed by atoms with Gasteiger partial charge in [0.1, 0.15) is 0 Å². The Balaban J connectivity index is 1.65. The highest BCUT2D eigenvalue weighted by Gasteiger charge is 2.22. The Morgan fingerprint density at radius 1 is 0.750 bits per heavy atom. The number of benzene rings is 1. The van der Waals surface area contributed by atoms with Crippen LogP contribution in [-0.2, 0) is 0 Å².